The minimum absolute atomic E-state index is 0.0542. The van der Waals surface area contributed by atoms with E-state index in [2.05, 4.69) is 10.1 Å². The molecule has 0 N–H and O–H groups in total. The topological polar surface area (TPSA) is 76.3 Å². The zero-order chi connectivity index (χ0) is 13.6. The number of rotatable bonds is 2. The maximum atomic E-state index is 12.0. The summed E-state index contributed by atoms with van der Waals surface area (Å²) in [6.07, 6.45) is 0. The Labute approximate surface area is 113 Å². The molecule has 0 aliphatic carbocycles. The standard InChI is InChI=1S/C12H8ClN3O3/c1-6-14-9(15-19-6)5-16-10-7(11(17)12(16)18)3-2-4-8(10)13/h2-4H,5H2,1H3. The second kappa shape index (κ2) is 4.17. The maximum Gasteiger partial charge on any atom is 0.299 e. The first-order valence-corrected chi connectivity index (χ1v) is 5.89. The van der Waals surface area contributed by atoms with Crippen LogP contribution in [0.2, 0.25) is 5.02 Å². The molecule has 1 aromatic carbocycles. The van der Waals surface area contributed by atoms with Crippen molar-refractivity contribution < 1.29 is 14.1 Å². The van der Waals surface area contributed by atoms with Crippen LogP contribution in [0.4, 0.5) is 5.69 Å². The van der Waals surface area contributed by atoms with E-state index in [0.717, 1.165) is 0 Å². The van der Waals surface area contributed by atoms with Crippen molar-refractivity contribution in [1.82, 2.24) is 10.1 Å². The molecule has 1 aliphatic rings. The highest BCUT2D eigenvalue weighted by Gasteiger charge is 2.37. The molecule has 0 fully saturated rings. The molecular formula is C12H8ClN3O3. The van der Waals surface area contributed by atoms with Crippen LogP contribution in [0.5, 0.6) is 0 Å². The fourth-order valence-electron chi connectivity index (χ4n) is 2.01. The number of hydrogen-bond donors (Lipinski definition) is 0. The molecule has 0 bridgehead atoms. The quantitative estimate of drug-likeness (QED) is 0.782. The van der Waals surface area contributed by atoms with Crippen molar-refractivity contribution in [2.45, 2.75) is 13.5 Å². The fourth-order valence-corrected chi connectivity index (χ4v) is 2.29. The number of aryl methyl sites for hydroxylation is 1. The number of carbonyl (C=O) groups excluding carboxylic acids is 2. The molecule has 2 aromatic rings. The van der Waals surface area contributed by atoms with Crippen LogP contribution in [0, 0.1) is 6.92 Å². The third kappa shape index (κ3) is 1.80. The van der Waals surface area contributed by atoms with Gasteiger partial charge in [0.1, 0.15) is 0 Å². The van der Waals surface area contributed by atoms with Crippen molar-refractivity contribution in [3.8, 4) is 0 Å². The minimum atomic E-state index is -0.634. The molecule has 96 valence electrons. The third-order valence-electron chi connectivity index (χ3n) is 2.81. The van der Waals surface area contributed by atoms with Gasteiger partial charge in [0.05, 0.1) is 22.8 Å². The molecule has 0 radical (unpaired) electrons. The summed E-state index contributed by atoms with van der Waals surface area (Å²) in [5.41, 5.74) is 0.708. The summed E-state index contributed by atoms with van der Waals surface area (Å²) in [7, 11) is 0. The van der Waals surface area contributed by atoms with Crippen LogP contribution in [-0.2, 0) is 11.3 Å². The molecule has 1 aliphatic heterocycles. The second-order valence-electron chi connectivity index (χ2n) is 4.09. The lowest BCUT2D eigenvalue weighted by Gasteiger charge is -2.15. The van der Waals surface area contributed by atoms with Crippen molar-refractivity contribution >= 4 is 29.0 Å². The Bertz CT molecular complexity index is 695. The number of benzene rings is 1. The van der Waals surface area contributed by atoms with Crippen LogP contribution in [-0.4, -0.2) is 21.8 Å². The lowest BCUT2D eigenvalue weighted by atomic mass is 10.1. The Morgan fingerprint density at radius 1 is 1.37 bits per heavy atom. The molecule has 1 aromatic heterocycles. The predicted octanol–water partition coefficient (Wildman–Crippen LogP) is 1.76. The second-order valence-corrected chi connectivity index (χ2v) is 4.49. The molecule has 3 rings (SSSR count). The highest BCUT2D eigenvalue weighted by Crippen LogP contribution is 2.36. The first kappa shape index (κ1) is 11.9. The van der Waals surface area contributed by atoms with Gasteiger partial charge in [-0.05, 0) is 12.1 Å². The van der Waals surface area contributed by atoms with Gasteiger partial charge in [0.2, 0.25) is 5.89 Å². The highest BCUT2D eigenvalue weighted by molar-refractivity contribution is 6.54. The average Bonchev–Trinajstić information content (AvgIpc) is 2.89. The Balaban J connectivity index is 2.04. The zero-order valence-corrected chi connectivity index (χ0v) is 10.6. The lowest BCUT2D eigenvalue weighted by molar-refractivity contribution is -0.114. The van der Waals surface area contributed by atoms with E-state index in [4.69, 9.17) is 16.1 Å². The van der Waals surface area contributed by atoms with Gasteiger partial charge in [-0.1, -0.05) is 22.8 Å². The van der Waals surface area contributed by atoms with E-state index in [1.807, 2.05) is 0 Å². The van der Waals surface area contributed by atoms with E-state index in [1.165, 1.54) is 4.90 Å². The van der Waals surface area contributed by atoms with Crippen LogP contribution < -0.4 is 4.90 Å². The summed E-state index contributed by atoms with van der Waals surface area (Å²) < 4.78 is 4.84. The molecule has 0 saturated carbocycles. The van der Waals surface area contributed by atoms with Crippen LogP contribution >= 0.6 is 11.6 Å². The zero-order valence-electron chi connectivity index (χ0n) is 9.88. The third-order valence-corrected chi connectivity index (χ3v) is 3.11. The number of para-hydroxylation sites is 1. The molecule has 0 atom stereocenters. The van der Waals surface area contributed by atoms with Gasteiger partial charge in [-0.25, -0.2) is 0 Å². The number of ketones is 1. The van der Waals surface area contributed by atoms with E-state index in [9.17, 15) is 9.59 Å². The number of anilines is 1. The number of halogens is 1. The summed E-state index contributed by atoms with van der Waals surface area (Å²) >= 11 is 6.06. The van der Waals surface area contributed by atoms with Crippen LogP contribution in [0.15, 0.2) is 22.7 Å². The van der Waals surface area contributed by atoms with Gasteiger partial charge in [-0.2, -0.15) is 4.98 Å². The smallest absolute Gasteiger partial charge is 0.299 e. The largest absolute Gasteiger partial charge is 0.340 e. The maximum absolute atomic E-state index is 12.0. The van der Waals surface area contributed by atoms with Gasteiger partial charge in [0.15, 0.2) is 5.82 Å². The number of hydrogen-bond acceptors (Lipinski definition) is 5. The molecule has 0 unspecified atom stereocenters. The Morgan fingerprint density at radius 3 is 2.84 bits per heavy atom. The average molecular weight is 278 g/mol. The van der Waals surface area contributed by atoms with E-state index in [-0.39, 0.29) is 6.54 Å². The first-order valence-electron chi connectivity index (χ1n) is 5.52. The van der Waals surface area contributed by atoms with Crippen molar-refractivity contribution in [2.75, 3.05) is 4.90 Å². The van der Waals surface area contributed by atoms with Crippen molar-refractivity contribution in [1.29, 1.82) is 0 Å². The molecule has 0 spiro atoms. The van der Waals surface area contributed by atoms with Crippen molar-refractivity contribution in [3.05, 3.63) is 40.5 Å². The molecule has 1 amide bonds. The van der Waals surface area contributed by atoms with Crippen LogP contribution in [0.1, 0.15) is 22.1 Å². The van der Waals surface area contributed by atoms with E-state index in [1.54, 1.807) is 25.1 Å². The summed E-state index contributed by atoms with van der Waals surface area (Å²) in [6, 6.07) is 4.83. The normalized spacial score (nSPS) is 14.1. The Hall–Kier alpha value is -2.21. The molecule has 2 heterocycles. The number of Topliss-reactive ketones (excluding diaryl/α,β-unsaturated/α-hetero) is 1. The monoisotopic (exact) mass is 277 g/mol. The molecule has 19 heavy (non-hydrogen) atoms. The summed E-state index contributed by atoms with van der Waals surface area (Å²) in [6.45, 7) is 1.70. The number of aromatic nitrogens is 2. The number of amides is 1. The Morgan fingerprint density at radius 2 is 2.16 bits per heavy atom. The van der Waals surface area contributed by atoms with Crippen molar-refractivity contribution in [3.63, 3.8) is 0 Å². The summed E-state index contributed by atoms with van der Waals surface area (Å²) in [4.78, 5) is 29.1. The van der Waals surface area contributed by atoms with E-state index < -0.39 is 11.7 Å². The highest BCUT2D eigenvalue weighted by atomic mass is 35.5. The van der Waals surface area contributed by atoms with Gasteiger partial charge >= 0.3 is 0 Å². The molecule has 7 heteroatoms. The van der Waals surface area contributed by atoms with E-state index >= 15 is 0 Å². The van der Waals surface area contributed by atoms with Gasteiger partial charge in [-0.3, -0.25) is 14.5 Å². The molecular weight excluding hydrogens is 270 g/mol. The Kier molecular flexibility index (Phi) is 2.60. The SMILES string of the molecule is Cc1nc(CN2C(=O)C(=O)c3cccc(Cl)c32)no1. The number of fused-ring (bicyclic) bond motifs is 1. The number of nitrogens with zero attached hydrogens (tertiary/aromatic N) is 3. The van der Waals surface area contributed by atoms with Gasteiger partial charge in [0.25, 0.3) is 11.7 Å². The summed E-state index contributed by atoms with van der Waals surface area (Å²) in [5.74, 6) is -0.484. The predicted molar refractivity (Wildman–Crippen MR) is 66.0 cm³/mol. The first-order chi connectivity index (χ1) is 9.08. The van der Waals surface area contributed by atoms with Gasteiger partial charge < -0.3 is 4.52 Å². The van der Waals surface area contributed by atoms with Crippen molar-refractivity contribution in [2.24, 2.45) is 0 Å². The van der Waals surface area contributed by atoms with Gasteiger partial charge in [-0.15, -0.1) is 0 Å². The van der Waals surface area contributed by atoms with E-state index in [0.29, 0.717) is 28.0 Å². The molecule has 6 nitrogen and oxygen atoms in total. The molecule has 0 saturated heterocycles. The minimum Gasteiger partial charge on any atom is -0.340 e. The van der Waals surface area contributed by atoms with Crippen LogP contribution in [0.3, 0.4) is 0 Å². The lowest BCUT2D eigenvalue weighted by Crippen LogP contribution is -2.29. The van der Waals surface area contributed by atoms with Crippen LogP contribution in [0.25, 0.3) is 0 Å². The number of carbonyl (C=O) groups is 2. The summed E-state index contributed by atoms with van der Waals surface area (Å²) in [5, 5.41) is 4.05. The fraction of sp³-hybridized carbons (Fsp3) is 0.167. The van der Waals surface area contributed by atoms with Gasteiger partial charge in [0, 0.05) is 6.92 Å².